The van der Waals surface area contributed by atoms with E-state index in [9.17, 15) is 14.4 Å². The molecule has 164 valence electrons. The van der Waals surface area contributed by atoms with E-state index in [-0.39, 0.29) is 36.0 Å². The van der Waals surface area contributed by atoms with E-state index in [0.717, 1.165) is 10.6 Å². The quantitative estimate of drug-likeness (QED) is 0.518. The van der Waals surface area contributed by atoms with Crippen molar-refractivity contribution in [1.82, 2.24) is 0 Å². The molecule has 1 saturated heterocycles. The molecular weight excluding hydrogens is 420 g/mol. The van der Waals surface area contributed by atoms with E-state index in [1.807, 2.05) is 30.5 Å². The summed E-state index contributed by atoms with van der Waals surface area (Å²) in [5.41, 5.74) is 1.11. The van der Waals surface area contributed by atoms with Gasteiger partial charge in [0, 0.05) is 35.7 Å². The Morgan fingerprint density at radius 3 is 2.45 bits per heavy atom. The van der Waals surface area contributed by atoms with Gasteiger partial charge in [-0.05, 0) is 24.5 Å². The third-order valence-corrected chi connectivity index (χ3v) is 5.77. The number of rotatable bonds is 7. The van der Waals surface area contributed by atoms with Crippen LogP contribution in [-0.4, -0.2) is 51.9 Å². The molecule has 3 rings (SSSR count). The average molecular weight is 445 g/mol. The van der Waals surface area contributed by atoms with Crippen LogP contribution in [0, 0.1) is 5.92 Å². The Morgan fingerprint density at radius 1 is 1.10 bits per heavy atom. The van der Waals surface area contributed by atoms with Crippen molar-refractivity contribution in [2.75, 3.05) is 44.3 Å². The van der Waals surface area contributed by atoms with Gasteiger partial charge in [-0.1, -0.05) is 6.07 Å². The predicted octanol–water partition coefficient (Wildman–Crippen LogP) is 3.20. The fraction of sp³-hybridized carbons (Fsp3) is 0.318. The lowest BCUT2D eigenvalue weighted by molar-refractivity contribution is -0.122. The van der Waals surface area contributed by atoms with Crippen molar-refractivity contribution >= 4 is 40.9 Å². The summed E-state index contributed by atoms with van der Waals surface area (Å²) in [4.78, 5) is 40.4. The van der Waals surface area contributed by atoms with Gasteiger partial charge in [0.05, 0.1) is 38.5 Å². The maximum atomic E-state index is 13.0. The van der Waals surface area contributed by atoms with Crippen LogP contribution >= 0.6 is 11.8 Å². The predicted molar refractivity (Wildman–Crippen MR) is 118 cm³/mol. The van der Waals surface area contributed by atoms with Crippen molar-refractivity contribution in [1.29, 1.82) is 0 Å². The van der Waals surface area contributed by atoms with Crippen molar-refractivity contribution in [2.45, 2.75) is 11.3 Å². The first-order valence-electron chi connectivity index (χ1n) is 9.51. The number of esters is 1. The van der Waals surface area contributed by atoms with Gasteiger partial charge in [0.1, 0.15) is 0 Å². The molecular formula is C22H24N2O6S. The molecule has 0 spiro atoms. The van der Waals surface area contributed by atoms with E-state index in [2.05, 4.69) is 5.32 Å². The van der Waals surface area contributed by atoms with Gasteiger partial charge in [-0.15, -0.1) is 11.8 Å². The Labute approximate surface area is 184 Å². The summed E-state index contributed by atoms with van der Waals surface area (Å²) in [6.45, 7) is 0.253. The van der Waals surface area contributed by atoms with E-state index < -0.39 is 11.9 Å². The number of benzene rings is 2. The van der Waals surface area contributed by atoms with Crippen molar-refractivity contribution in [3.05, 3.63) is 42.0 Å². The van der Waals surface area contributed by atoms with Gasteiger partial charge in [0.2, 0.25) is 11.8 Å². The number of nitrogens with one attached hydrogen (secondary N) is 1. The molecule has 0 bridgehead atoms. The summed E-state index contributed by atoms with van der Waals surface area (Å²) in [7, 11) is 4.15. The van der Waals surface area contributed by atoms with E-state index in [0.29, 0.717) is 11.5 Å². The maximum absolute atomic E-state index is 13.0. The molecule has 0 unspecified atom stereocenters. The lowest BCUT2D eigenvalue weighted by atomic mass is 10.1. The average Bonchev–Trinajstić information content (AvgIpc) is 3.19. The van der Waals surface area contributed by atoms with Crippen molar-refractivity contribution in [2.24, 2.45) is 5.92 Å². The summed E-state index contributed by atoms with van der Waals surface area (Å²) < 4.78 is 15.3. The number of hydrogen-bond acceptors (Lipinski definition) is 7. The highest BCUT2D eigenvalue weighted by atomic mass is 32.2. The van der Waals surface area contributed by atoms with Crippen molar-refractivity contribution < 1.29 is 28.6 Å². The molecule has 31 heavy (non-hydrogen) atoms. The van der Waals surface area contributed by atoms with E-state index in [1.165, 1.54) is 33.5 Å². The number of nitrogens with zero attached hydrogens (tertiary/aromatic N) is 1. The van der Waals surface area contributed by atoms with Gasteiger partial charge in [-0.3, -0.25) is 9.59 Å². The molecule has 1 aliphatic heterocycles. The minimum absolute atomic E-state index is 0.0795. The number of ether oxygens (including phenoxy) is 3. The molecule has 2 amide bonds. The minimum Gasteiger partial charge on any atom is -0.493 e. The molecule has 2 aromatic rings. The molecule has 2 aromatic carbocycles. The molecule has 0 saturated carbocycles. The Balaban J connectivity index is 1.83. The van der Waals surface area contributed by atoms with Gasteiger partial charge in [0.15, 0.2) is 11.5 Å². The van der Waals surface area contributed by atoms with Crippen LogP contribution in [0.4, 0.5) is 11.4 Å². The number of anilines is 2. The van der Waals surface area contributed by atoms with Crippen LogP contribution < -0.4 is 19.7 Å². The molecule has 1 atom stereocenters. The monoisotopic (exact) mass is 444 g/mol. The lowest BCUT2D eigenvalue weighted by Gasteiger charge is -2.18. The summed E-state index contributed by atoms with van der Waals surface area (Å²) >= 11 is 1.58. The highest BCUT2D eigenvalue weighted by Gasteiger charge is 2.35. The zero-order chi connectivity index (χ0) is 22.5. The van der Waals surface area contributed by atoms with Crippen LogP contribution in [0.15, 0.2) is 41.3 Å². The Kier molecular flexibility index (Phi) is 7.06. The molecule has 0 radical (unpaired) electrons. The number of amides is 2. The number of thioether (sulfide) groups is 1. The van der Waals surface area contributed by atoms with Crippen LogP contribution in [-0.2, 0) is 14.3 Å². The highest BCUT2D eigenvalue weighted by molar-refractivity contribution is 7.98. The fourth-order valence-corrected chi connectivity index (χ4v) is 3.86. The number of carbonyl (C=O) groups excluding carboxylic acids is 3. The Bertz CT molecular complexity index is 1010. The zero-order valence-electron chi connectivity index (χ0n) is 17.8. The molecule has 1 heterocycles. The molecule has 1 fully saturated rings. The standard InChI is InChI=1S/C22H24N2O6S/c1-28-18-10-16(22(27)30-3)17(11-19(18)29-2)23-21(26)13-8-20(25)24(12-13)14-6-5-7-15(9-14)31-4/h5-7,9-11,13H,8,12H2,1-4H3,(H,23,26)/t13-/m1/s1. The van der Waals surface area contributed by atoms with Crippen LogP contribution in [0.25, 0.3) is 0 Å². The van der Waals surface area contributed by atoms with Crippen LogP contribution in [0.3, 0.4) is 0 Å². The summed E-state index contributed by atoms with van der Waals surface area (Å²) in [6.07, 6.45) is 2.04. The normalized spacial score (nSPS) is 15.5. The SMILES string of the molecule is COC(=O)c1cc(OC)c(OC)cc1NC(=O)[C@@H]1CC(=O)N(c2cccc(SC)c2)C1. The maximum Gasteiger partial charge on any atom is 0.340 e. The summed E-state index contributed by atoms with van der Waals surface area (Å²) in [6, 6.07) is 10.6. The van der Waals surface area contributed by atoms with E-state index in [1.54, 1.807) is 16.7 Å². The molecule has 9 heteroatoms. The van der Waals surface area contributed by atoms with Crippen LogP contribution in [0.1, 0.15) is 16.8 Å². The molecule has 1 N–H and O–H groups in total. The first kappa shape index (κ1) is 22.5. The summed E-state index contributed by atoms with van der Waals surface area (Å²) in [5, 5.41) is 2.75. The third kappa shape index (κ3) is 4.77. The second kappa shape index (κ2) is 9.74. The summed E-state index contributed by atoms with van der Waals surface area (Å²) in [5.74, 6) is -1.01. The first-order chi connectivity index (χ1) is 14.9. The second-order valence-electron chi connectivity index (χ2n) is 6.84. The first-order valence-corrected chi connectivity index (χ1v) is 10.7. The van der Waals surface area contributed by atoms with E-state index >= 15 is 0 Å². The largest absolute Gasteiger partial charge is 0.493 e. The van der Waals surface area contributed by atoms with Gasteiger partial charge in [-0.25, -0.2) is 4.79 Å². The number of hydrogen-bond donors (Lipinski definition) is 1. The fourth-order valence-electron chi connectivity index (χ4n) is 3.41. The van der Waals surface area contributed by atoms with Gasteiger partial charge in [0.25, 0.3) is 0 Å². The smallest absolute Gasteiger partial charge is 0.340 e. The molecule has 8 nitrogen and oxygen atoms in total. The zero-order valence-corrected chi connectivity index (χ0v) is 18.6. The van der Waals surface area contributed by atoms with Gasteiger partial charge >= 0.3 is 5.97 Å². The molecule has 1 aliphatic rings. The van der Waals surface area contributed by atoms with E-state index in [4.69, 9.17) is 14.2 Å². The number of carbonyl (C=O) groups is 3. The highest BCUT2D eigenvalue weighted by Crippen LogP contribution is 2.35. The Hall–Kier alpha value is -3.20. The Morgan fingerprint density at radius 2 is 1.81 bits per heavy atom. The van der Waals surface area contributed by atoms with Crippen molar-refractivity contribution in [3.8, 4) is 11.5 Å². The molecule has 0 aromatic heterocycles. The minimum atomic E-state index is -0.630. The van der Waals surface area contributed by atoms with Gasteiger partial charge < -0.3 is 24.4 Å². The lowest BCUT2D eigenvalue weighted by Crippen LogP contribution is -2.28. The van der Waals surface area contributed by atoms with Crippen molar-refractivity contribution in [3.63, 3.8) is 0 Å². The number of methoxy groups -OCH3 is 3. The van der Waals surface area contributed by atoms with Gasteiger partial charge in [-0.2, -0.15) is 0 Å². The van der Waals surface area contributed by atoms with Crippen LogP contribution in [0.5, 0.6) is 11.5 Å². The second-order valence-corrected chi connectivity index (χ2v) is 7.72. The topological polar surface area (TPSA) is 94.2 Å². The molecule has 0 aliphatic carbocycles. The third-order valence-electron chi connectivity index (χ3n) is 5.05. The van der Waals surface area contributed by atoms with Crippen LogP contribution in [0.2, 0.25) is 0 Å².